The highest BCUT2D eigenvalue weighted by Gasteiger charge is 2.18. The first-order valence-corrected chi connectivity index (χ1v) is 5.61. The molecule has 6 nitrogen and oxygen atoms in total. The standard InChI is InChI=1S/C10H13BrN2O4/c1-5-7(11)8(15-3)13-10(12-5)17-6(2)9(14)16-4/h6H,1-4H3/t6-/m0/s1. The van der Waals surface area contributed by atoms with Gasteiger partial charge in [0.05, 0.1) is 19.9 Å². The fourth-order valence-electron chi connectivity index (χ4n) is 1.07. The van der Waals surface area contributed by atoms with Crippen molar-refractivity contribution in [1.82, 2.24) is 9.97 Å². The third-order valence-electron chi connectivity index (χ3n) is 1.97. The Bertz CT molecular complexity index is 425. The highest BCUT2D eigenvalue weighted by Crippen LogP contribution is 2.27. The van der Waals surface area contributed by atoms with Crippen LogP contribution in [-0.2, 0) is 9.53 Å². The normalized spacial score (nSPS) is 11.8. The highest BCUT2D eigenvalue weighted by atomic mass is 79.9. The van der Waals surface area contributed by atoms with E-state index in [0.29, 0.717) is 16.0 Å². The Morgan fingerprint density at radius 3 is 2.53 bits per heavy atom. The van der Waals surface area contributed by atoms with Gasteiger partial charge in [-0.25, -0.2) is 4.79 Å². The summed E-state index contributed by atoms with van der Waals surface area (Å²) in [6.07, 6.45) is -0.773. The predicted octanol–water partition coefficient (Wildman–Crippen LogP) is 1.50. The molecular weight excluding hydrogens is 292 g/mol. The molecular formula is C10H13BrN2O4. The van der Waals surface area contributed by atoms with Crippen molar-refractivity contribution in [2.75, 3.05) is 14.2 Å². The molecule has 0 unspecified atom stereocenters. The molecule has 0 saturated carbocycles. The molecule has 7 heteroatoms. The molecule has 1 rings (SSSR count). The molecule has 0 aromatic carbocycles. The van der Waals surface area contributed by atoms with E-state index in [4.69, 9.17) is 9.47 Å². The van der Waals surface area contributed by atoms with E-state index in [1.54, 1.807) is 13.8 Å². The Kier molecular flexibility index (Phi) is 4.68. The van der Waals surface area contributed by atoms with Gasteiger partial charge in [0, 0.05) is 0 Å². The zero-order chi connectivity index (χ0) is 13.0. The lowest BCUT2D eigenvalue weighted by atomic mass is 10.4. The largest absolute Gasteiger partial charge is 0.480 e. The number of carbonyl (C=O) groups is 1. The number of methoxy groups -OCH3 is 2. The second-order valence-electron chi connectivity index (χ2n) is 3.20. The lowest BCUT2D eigenvalue weighted by molar-refractivity contribution is -0.148. The summed E-state index contributed by atoms with van der Waals surface area (Å²) >= 11 is 3.29. The summed E-state index contributed by atoms with van der Waals surface area (Å²) in [6, 6.07) is 0.0699. The molecule has 0 fully saturated rings. The number of esters is 1. The van der Waals surface area contributed by atoms with E-state index in [2.05, 4.69) is 30.6 Å². The van der Waals surface area contributed by atoms with Crippen LogP contribution in [0.1, 0.15) is 12.6 Å². The fourth-order valence-corrected chi connectivity index (χ4v) is 1.41. The fraction of sp³-hybridized carbons (Fsp3) is 0.500. The first kappa shape index (κ1) is 13.7. The number of rotatable bonds is 4. The molecule has 17 heavy (non-hydrogen) atoms. The van der Waals surface area contributed by atoms with Gasteiger partial charge in [-0.15, -0.1) is 0 Å². The number of hydrogen-bond donors (Lipinski definition) is 0. The minimum absolute atomic E-state index is 0.0699. The van der Waals surface area contributed by atoms with Crippen LogP contribution in [0.3, 0.4) is 0 Å². The van der Waals surface area contributed by atoms with Crippen LogP contribution in [0.15, 0.2) is 4.47 Å². The van der Waals surface area contributed by atoms with Crippen LogP contribution >= 0.6 is 15.9 Å². The quantitative estimate of drug-likeness (QED) is 0.785. The van der Waals surface area contributed by atoms with Gasteiger partial charge >= 0.3 is 12.0 Å². The summed E-state index contributed by atoms with van der Waals surface area (Å²) in [5, 5.41) is 0. The smallest absolute Gasteiger partial charge is 0.346 e. The molecule has 0 bridgehead atoms. The van der Waals surface area contributed by atoms with Gasteiger partial charge in [0.2, 0.25) is 5.88 Å². The molecule has 1 heterocycles. The summed E-state index contributed by atoms with van der Waals surface area (Å²) in [5.74, 6) is -0.141. The average Bonchev–Trinajstić information content (AvgIpc) is 2.32. The van der Waals surface area contributed by atoms with Crippen molar-refractivity contribution in [3.05, 3.63) is 10.2 Å². The second-order valence-corrected chi connectivity index (χ2v) is 3.99. The maximum Gasteiger partial charge on any atom is 0.346 e. The first-order chi connectivity index (χ1) is 7.99. The lowest BCUT2D eigenvalue weighted by Gasteiger charge is -2.12. The van der Waals surface area contributed by atoms with E-state index >= 15 is 0 Å². The summed E-state index contributed by atoms with van der Waals surface area (Å²) in [5.41, 5.74) is 0.656. The molecule has 1 aromatic rings. The zero-order valence-corrected chi connectivity index (χ0v) is 11.6. The Morgan fingerprint density at radius 1 is 1.35 bits per heavy atom. The third-order valence-corrected chi connectivity index (χ3v) is 2.89. The van der Waals surface area contributed by atoms with Gasteiger partial charge in [-0.2, -0.15) is 9.97 Å². The van der Waals surface area contributed by atoms with Crippen molar-refractivity contribution in [2.45, 2.75) is 20.0 Å². The van der Waals surface area contributed by atoms with Gasteiger partial charge in [-0.05, 0) is 29.8 Å². The molecule has 0 saturated heterocycles. The van der Waals surface area contributed by atoms with E-state index in [-0.39, 0.29) is 6.01 Å². The zero-order valence-electron chi connectivity index (χ0n) is 9.98. The Morgan fingerprint density at radius 2 is 2.00 bits per heavy atom. The molecule has 0 aliphatic heterocycles. The molecule has 0 amide bonds. The van der Waals surface area contributed by atoms with Gasteiger partial charge in [0.1, 0.15) is 4.47 Å². The van der Waals surface area contributed by atoms with Gasteiger partial charge in [-0.3, -0.25) is 0 Å². The number of hydrogen-bond acceptors (Lipinski definition) is 6. The number of ether oxygens (including phenoxy) is 3. The topological polar surface area (TPSA) is 70.5 Å². The maximum atomic E-state index is 11.2. The summed E-state index contributed by atoms with van der Waals surface area (Å²) < 4.78 is 15.5. The van der Waals surface area contributed by atoms with Crippen LogP contribution in [0.2, 0.25) is 0 Å². The van der Waals surface area contributed by atoms with Crippen molar-refractivity contribution in [3.8, 4) is 11.9 Å². The number of aromatic nitrogens is 2. The Labute approximate surface area is 107 Å². The minimum Gasteiger partial charge on any atom is -0.480 e. The van der Waals surface area contributed by atoms with Crippen molar-refractivity contribution >= 4 is 21.9 Å². The van der Waals surface area contributed by atoms with Gasteiger partial charge < -0.3 is 14.2 Å². The minimum atomic E-state index is -0.773. The number of carbonyl (C=O) groups excluding carboxylic acids is 1. The number of aryl methyl sites for hydroxylation is 1. The second kappa shape index (κ2) is 5.81. The van der Waals surface area contributed by atoms with Crippen LogP contribution in [0.25, 0.3) is 0 Å². The van der Waals surface area contributed by atoms with E-state index in [9.17, 15) is 4.79 Å². The van der Waals surface area contributed by atoms with Crippen LogP contribution < -0.4 is 9.47 Å². The van der Waals surface area contributed by atoms with Crippen LogP contribution in [0.5, 0.6) is 11.9 Å². The average molecular weight is 305 g/mol. The Hall–Kier alpha value is -1.37. The van der Waals surface area contributed by atoms with Crippen LogP contribution in [-0.4, -0.2) is 36.3 Å². The summed E-state index contributed by atoms with van der Waals surface area (Å²) in [6.45, 7) is 3.32. The molecule has 1 atom stereocenters. The maximum absolute atomic E-state index is 11.2. The summed E-state index contributed by atoms with van der Waals surface area (Å²) in [4.78, 5) is 19.2. The van der Waals surface area contributed by atoms with Gasteiger partial charge in [0.15, 0.2) is 6.10 Å². The number of halogens is 1. The van der Waals surface area contributed by atoms with Crippen molar-refractivity contribution in [3.63, 3.8) is 0 Å². The molecule has 0 aliphatic rings. The monoisotopic (exact) mass is 304 g/mol. The molecule has 0 radical (unpaired) electrons. The van der Waals surface area contributed by atoms with E-state index in [1.165, 1.54) is 14.2 Å². The Balaban J connectivity index is 2.92. The van der Waals surface area contributed by atoms with Gasteiger partial charge in [-0.1, -0.05) is 0 Å². The molecule has 94 valence electrons. The van der Waals surface area contributed by atoms with E-state index in [1.807, 2.05) is 0 Å². The van der Waals surface area contributed by atoms with Crippen LogP contribution in [0.4, 0.5) is 0 Å². The third kappa shape index (κ3) is 3.29. The predicted molar refractivity (Wildman–Crippen MR) is 63.1 cm³/mol. The lowest BCUT2D eigenvalue weighted by Crippen LogP contribution is -2.25. The SMILES string of the molecule is COC(=O)[C@H](C)Oc1nc(C)c(Br)c(OC)n1. The van der Waals surface area contributed by atoms with Crippen molar-refractivity contribution in [1.29, 1.82) is 0 Å². The molecule has 0 aliphatic carbocycles. The molecule has 0 N–H and O–H groups in total. The van der Waals surface area contributed by atoms with E-state index in [0.717, 1.165) is 0 Å². The first-order valence-electron chi connectivity index (χ1n) is 4.82. The van der Waals surface area contributed by atoms with E-state index < -0.39 is 12.1 Å². The van der Waals surface area contributed by atoms with Crippen molar-refractivity contribution < 1.29 is 19.0 Å². The van der Waals surface area contributed by atoms with Gasteiger partial charge in [0.25, 0.3) is 0 Å². The molecule has 0 spiro atoms. The molecule has 1 aromatic heterocycles. The van der Waals surface area contributed by atoms with Crippen LogP contribution in [0, 0.1) is 6.92 Å². The number of nitrogens with zero attached hydrogens (tertiary/aromatic N) is 2. The summed E-state index contributed by atoms with van der Waals surface area (Å²) in [7, 11) is 2.77. The van der Waals surface area contributed by atoms with Crippen molar-refractivity contribution in [2.24, 2.45) is 0 Å². The highest BCUT2D eigenvalue weighted by molar-refractivity contribution is 9.10.